The Kier molecular flexibility index (Phi) is 8.04. The number of para-hydroxylation sites is 1. The molecule has 1 saturated heterocycles. The van der Waals surface area contributed by atoms with Crippen LogP contribution in [-0.4, -0.2) is 69.3 Å². The number of rotatable bonds is 8. The highest BCUT2D eigenvalue weighted by molar-refractivity contribution is 6.35. The van der Waals surface area contributed by atoms with Gasteiger partial charge in [0.15, 0.2) is 0 Å². The van der Waals surface area contributed by atoms with Gasteiger partial charge in [-0.1, -0.05) is 18.2 Å². The molecule has 1 heterocycles. The molecule has 0 aromatic heterocycles. The third-order valence-corrected chi connectivity index (χ3v) is 5.10. The number of methoxy groups -OCH3 is 2. The van der Waals surface area contributed by atoms with Gasteiger partial charge in [0.2, 0.25) is 0 Å². The Bertz CT molecular complexity index is 947. The highest BCUT2D eigenvalue weighted by atomic mass is 16.5. The number of benzene rings is 2. The van der Waals surface area contributed by atoms with E-state index in [1.807, 2.05) is 24.3 Å². The predicted octanol–water partition coefficient (Wildman–Crippen LogP) is 0.977. The lowest BCUT2D eigenvalue weighted by Crippen LogP contribution is -2.47. The third kappa shape index (κ3) is 5.76. The van der Waals surface area contributed by atoms with Gasteiger partial charge in [-0.15, -0.1) is 0 Å². The van der Waals surface area contributed by atoms with Gasteiger partial charge in [0, 0.05) is 18.7 Å². The van der Waals surface area contributed by atoms with E-state index < -0.39 is 18.0 Å². The van der Waals surface area contributed by atoms with Crippen LogP contribution in [0.2, 0.25) is 0 Å². The van der Waals surface area contributed by atoms with E-state index in [0.717, 1.165) is 11.3 Å². The first-order valence-corrected chi connectivity index (χ1v) is 10.3. The second-order valence-electron chi connectivity index (χ2n) is 7.08. The monoisotopic (exact) mass is 441 g/mol. The van der Waals surface area contributed by atoms with Crippen LogP contribution in [0.1, 0.15) is 15.9 Å². The van der Waals surface area contributed by atoms with Crippen LogP contribution in [0.25, 0.3) is 0 Å². The molecule has 1 aliphatic rings. The van der Waals surface area contributed by atoms with E-state index in [2.05, 4.69) is 10.6 Å². The summed E-state index contributed by atoms with van der Waals surface area (Å²) < 4.78 is 15.9. The number of nitrogens with zero attached hydrogens (tertiary/aromatic N) is 1. The molecule has 0 unspecified atom stereocenters. The summed E-state index contributed by atoms with van der Waals surface area (Å²) in [4.78, 5) is 38.6. The topological polar surface area (TPSA) is 106 Å². The van der Waals surface area contributed by atoms with Crippen molar-refractivity contribution in [3.05, 3.63) is 59.7 Å². The van der Waals surface area contributed by atoms with Crippen LogP contribution in [0.15, 0.2) is 48.5 Å². The van der Waals surface area contributed by atoms with Crippen molar-refractivity contribution in [3.8, 4) is 11.5 Å². The molecule has 9 nitrogen and oxygen atoms in total. The second-order valence-corrected chi connectivity index (χ2v) is 7.08. The molecule has 1 atom stereocenters. The SMILES string of the molecule is COc1ccc(C(=O)N2CCO[C@@H]2CNC(=O)C(=O)NCCc2ccccc2OC)cc1. The fourth-order valence-corrected chi connectivity index (χ4v) is 3.38. The predicted molar refractivity (Wildman–Crippen MR) is 116 cm³/mol. The molecule has 0 spiro atoms. The normalized spacial score (nSPS) is 15.2. The van der Waals surface area contributed by atoms with Gasteiger partial charge in [-0.25, -0.2) is 0 Å². The lowest BCUT2D eigenvalue weighted by atomic mass is 10.1. The van der Waals surface area contributed by atoms with Crippen molar-refractivity contribution in [2.45, 2.75) is 12.6 Å². The molecule has 0 bridgehead atoms. The fourth-order valence-electron chi connectivity index (χ4n) is 3.38. The Balaban J connectivity index is 1.46. The minimum Gasteiger partial charge on any atom is -0.497 e. The molecule has 0 radical (unpaired) electrons. The van der Waals surface area contributed by atoms with Crippen molar-refractivity contribution >= 4 is 17.7 Å². The van der Waals surface area contributed by atoms with Crippen LogP contribution in [0.5, 0.6) is 11.5 Å². The highest BCUT2D eigenvalue weighted by Gasteiger charge is 2.31. The first-order chi connectivity index (χ1) is 15.5. The molecular formula is C23H27N3O6. The molecule has 32 heavy (non-hydrogen) atoms. The van der Waals surface area contributed by atoms with Crippen LogP contribution < -0.4 is 20.1 Å². The molecular weight excluding hydrogens is 414 g/mol. The summed E-state index contributed by atoms with van der Waals surface area (Å²) in [6.07, 6.45) is -0.117. The number of hydrogen-bond acceptors (Lipinski definition) is 6. The highest BCUT2D eigenvalue weighted by Crippen LogP contribution is 2.18. The maximum Gasteiger partial charge on any atom is 0.309 e. The second kappa shape index (κ2) is 11.1. The van der Waals surface area contributed by atoms with Gasteiger partial charge in [0.1, 0.15) is 17.7 Å². The smallest absolute Gasteiger partial charge is 0.309 e. The minimum absolute atomic E-state index is 0.0145. The number of amides is 3. The molecule has 2 aromatic rings. The van der Waals surface area contributed by atoms with Crippen molar-refractivity contribution in [2.75, 3.05) is 40.5 Å². The quantitative estimate of drug-likeness (QED) is 0.592. The number of nitrogens with one attached hydrogen (secondary N) is 2. The first kappa shape index (κ1) is 23.1. The van der Waals surface area contributed by atoms with E-state index in [0.29, 0.717) is 30.9 Å². The van der Waals surface area contributed by atoms with Crippen LogP contribution in [0.4, 0.5) is 0 Å². The largest absolute Gasteiger partial charge is 0.497 e. The minimum atomic E-state index is -0.780. The molecule has 0 aliphatic carbocycles. The van der Waals surface area contributed by atoms with Gasteiger partial charge in [-0.05, 0) is 42.3 Å². The standard InChI is InChI=1S/C23H27N3O6/c1-30-18-9-7-17(8-10-18)23(29)26-13-14-32-20(26)15-25-22(28)21(27)24-12-11-16-5-3-4-6-19(16)31-2/h3-10,20H,11-15H2,1-2H3,(H,24,27)(H,25,28)/t20-/m1/s1. The summed E-state index contributed by atoms with van der Waals surface area (Å²) in [5.41, 5.74) is 1.42. The third-order valence-electron chi connectivity index (χ3n) is 5.10. The van der Waals surface area contributed by atoms with Crippen molar-refractivity contribution in [2.24, 2.45) is 0 Å². The van der Waals surface area contributed by atoms with E-state index in [1.165, 1.54) is 4.90 Å². The van der Waals surface area contributed by atoms with Gasteiger partial charge >= 0.3 is 11.8 Å². The van der Waals surface area contributed by atoms with Crippen LogP contribution in [0.3, 0.4) is 0 Å². The van der Waals surface area contributed by atoms with Gasteiger partial charge in [-0.3, -0.25) is 14.4 Å². The van der Waals surface area contributed by atoms with Crippen LogP contribution in [-0.2, 0) is 20.7 Å². The average molecular weight is 441 g/mol. The number of ether oxygens (including phenoxy) is 3. The zero-order valence-corrected chi connectivity index (χ0v) is 18.1. The van der Waals surface area contributed by atoms with Gasteiger partial charge in [-0.2, -0.15) is 0 Å². The molecule has 1 fully saturated rings. The molecule has 2 N–H and O–H groups in total. The number of carbonyl (C=O) groups is 3. The lowest BCUT2D eigenvalue weighted by molar-refractivity contribution is -0.139. The zero-order valence-electron chi connectivity index (χ0n) is 18.1. The lowest BCUT2D eigenvalue weighted by Gasteiger charge is -2.23. The van der Waals surface area contributed by atoms with Crippen LogP contribution in [0, 0.1) is 0 Å². The maximum atomic E-state index is 12.8. The average Bonchev–Trinajstić information content (AvgIpc) is 3.31. The Morgan fingerprint density at radius 3 is 2.44 bits per heavy atom. The van der Waals surface area contributed by atoms with E-state index in [4.69, 9.17) is 14.2 Å². The summed E-state index contributed by atoms with van der Waals surface area (Å²) in [7, 11) is 3.14. The summed E-state index contributed by atoms with van der Waals surface area (Å²) in [6, 6.07) is 14.2. The Labute approximate surface area is 186 Å². The van der Waals surface area contributed by atoms with E-state index >= 15 is 0 Å². The first-order valence-electron chi connectivity index (χ1n) is 10.3. The Hall–Kier alpha value is -3.59. The number of hydrogen-bond donors (Lipinski definition) is 2. The summed E-state index contributed by atoms with van der Waals surface area (Å²) >= 11 is 0. The van der Waals surface area contributed by atoms with Crippen molar-refractivity contribution < 1.29 is 28.6 Å². The molecule has 3 amide bonds. The Morgan fingerprint density at radius 2 is 1.72 bits per heavy atom. The van der Waals surface area contributed by atoms with Crippen molar-refractivity contribution in [3.63, 3.8) is 0 Å². The maximum absolute atomic E-state index is 12.8. The summed E-state index contributed by atoms with van der Waals surface area (Å²) in [6.45, 7) is 1.05. The molecule has 2 aromatic carbocycles. The molecule has 3 rings (SSSR count). The Morgan fingerprint density at radius 1 is 1.00 bits per heavy atom. The fraction of sp³-hybridized carbons (Fsp3) is 0.348. The van der Waals surface area contributed by atoms with E-state index in [9.17, 15) is 14.4 Å². The van der Waals surface area contributed by atoms with Crippen molar-refractivity contribution in [1.29, 1.82) is 0 Å². The van der Waals surface area contributed by atoms with Crippen molar-refractivity contribution in [1.82, 2.24) is 15.5 Å². The zero-order chi connectivity index (χ0) is 22.9. The van der Waals surface area contributed by atoms with Gasteiger partial charge in [0.25, 0.3) is 5.91 Å². The molecule has 170 valence electrons. The number of carbonyl (C=O) groups excluding carboxylic acids is 3. The van der Waals surface area contributed by atoms with Gasteiger partial charge < -0.3 is 29.7 Å². The summed E-state index contributed by atoms with van der Waals surface area (Å²) in [5, 5.41) is 5.12. The summed E-state index contributed by atoms with van der Waals surface area (Å²) in [5.74, 6) is -0.361. The van der Waals surface area contributed by atoms with E-state index in [1.54, 1.807) is 38.5 Å². The molecule has 1 aliphatic heterocycles. The molecule has 0 saturated carbocycles. The molecule has 9 heteroatoms. The van der Waals surface area contributed by atoms with Crippen LogP contribution >= 0.6 is 0 Å². The van der Waals surface area contributed by atoms with Gasteiger partial charge in [0.05, 0.1) is 27.4 Å². The van der Waals surface area contributed by atoms with E-state index in [-0.39, 0.29) is 19.0 Å².